The molecule has 0 rings (SSSR count). The fraction of sp³-hybridized carbons (Fsp3) is 0. The molecule has 0 aliphatic heterocycles. The summed E-state index contributed by atoms with van der Waals surface area (Å²) in [4.78, 5) is 23.2. The molecule has 3 nitrogen and oxygen atoms in total. The minimum atomic E-state index is 0. The fourth-order valence-corrected chi connectivity index (χ4v) is 0. The zero-order chi connectivity index (χ0) is 6.00. The van der Waals surface area contributed by atoms with Crippen molar-refractivity contribution in [3.05, 3.63) is 0 Å². The second-order valence-electron chi connectivity index (χ2n) is 0. The first-order chi connectivity index (χ1) is 3.00. The molecule has 0 N–H and O–H groups in total. The number of hydrogen-bond acceptors (Lipinski definition) is 3. The van der Waals surface area contributed by atoms with Crippen LogP contribution in [-0.2, 0) is 30.9 Å². The molecule has 0 aromatic carbocycles. The van der Waals surface area contributed by atoms with E-state index in [0.717, 1.165) is 0 Å². The Balaban J connectivity index is -0.00000000900. The predicted octanol–water partition coefficient (Wildman–Crippen LogP) is -0.825. The van der Waals surface area contributed by atoms with E-state index < -0.39 is 0 Å². The minimum Gasteiger partial charge on any atom is -0.545 e. The van der Waals surface area contributed by atoms with Crippen molar-refractivity contribution in [3.63, 3.8) is 0 Å². The second kappa shape index (κ2) is 453. The summed E-state index contributed by atoms with van der Waals surface area (Å²) in [5.74, 6) is 0. The molecular formula is C3H3NiO3. The average molecular weight is 146 g/mol. The van der Waals surface area contributed by atoms with Gasteiger partial charge in [0.05, 0.1) is 0 Å². The molecule has 0 saturated carbocycles. The molecule has 0 aliphatic rings. The number of rotatable bonds is 0. The zero-order valence-electron chi connectivity index (χ0n) is 3.27. The van der Waals surface area contributed by atoms with Gasteiger partial charge in [-0.25, -0.2) is 0 Å². The fourth-order valence-electron chi connectivity index (χ4n) is 0. The van der Waals surface area contributed by atoms with Crippen LogP contribution in [0, 0.1) is 0 Å². The summed E-state index contributed by atoms with van der Waals surface area (Å²) in [6.07, 6.45) is 0. The molecule has 4 heteroatoms. The van der Waals surface area contributed by atoms with Crippen LogP contribution in [0.3, 0.4) is 0 Å². The Bertz CT molecular complexity index is 14.9. The van der Waals surface area contributed by atoms with E-state index in [1.807, 2.05) is 0 Å². The molecule has 0 amide bonds. The Morgan fingerprint density at radius 1 is 0.571 bits per heavy atom. The summed E-state index contributed by atoms with van der Waals surface area (Å²) in [7, 11) is 0. The third-order valence-electron chi connectivity index (χ3n) is 0. The third kappa shape index (κ3) is 274. The molecular weight excluding hydrogens is 143 g/mol. The van der Waals surface area contributed by atoms with Gasteiger partial charge in [0.2, 0.25) is 0 Å². The van der Waals surface area contributed by atoms with Crippen LogP contribution in [-0.4, -0.2) is 20.4 Å². The van der Waals surface area contributed by atoms with Gasteiger partial charge in [0, 0.05) is 0 Å². The van der Waals surface area contributed by atoms with Gasteiger partial charge in [-0.05, 0) is 0 Å². The quantitative estimate of drug-likeness (QED) is 0.254. The van der Waals surface area contributed by atoms with E-state index in [0.29, 0.717) is 0 Å². The molecule has 0 bridgehead atoms. The maximum atomic E-state index is 7.75. The smallest absolute Gasteiger partial charge is 0.545 e. The Hall–Kier alpha value is -0.496. The molecule has 0 spiro atoms. The first-order valence-corrected chi connectivity index (χ1v) is 0.707. The molecule has 0 unspecified atom stereocenters. The topological polar surface area (TPSA) is 51.2 Å². The number of carbonyl (C=O) groups excluding carboxylic acids is 3. The van der Waals surface area contributed by atoms with Crippen LogP contribution in [0.5, 0.6) is 0 Å². The average Bonchev–Trinajstić information content (AvgIpc) is 1.81. The van der Waals surface area contributed by atoms with Crippen LogP contribution < -0.4 is 0 Å². The normalized spacial score (nSPS) is 1.71. The van der Waals surface area contributed by atoms with Crippen LogP contribution in [0.15, 0.2) is 0 Å². The minimum absolute atomic E-state index is 0. The van der Waals surface area contributed by atoms with Gasteiger partial charge in [0.15, 0.2) is 0 Å². The van der Waals surface area contributed by atoms with Crippen molar-refractivity contribution in [3.8, 4) is 0 Å². The Morgan fingerprint density at radius 3 is 0.571 bits per heavy atom. The van der Waals surface area contributed by atoms with Crippen LogP contribution in [0.25, 0.3) is 0 Å². The second-order valence-corrected chi connectivity index (χ2v) is 0. The molecule has 0 aromatic rings. The van der Waals surface area contributed by atoms with Crippen LogP contribution >= 0.6 is 0 Å². The van der Waals surface area contributed by atoms with Crippen molar-refractivity contribution in [2.24, 2.45) is 0 Å². The summed E-state index contributed by atoms with van der Waals surface area (Å²) in [6, 6.07) is 0. The van der Waals surface area contributed by atoms with E-state index >= 15 is 0 Å². The van der Waals surface area contributed by atoms with Crippen molar-refractivity contribution < 1.29 is 30.9 Å². The summed E-state index contributed by atoms with van der Waals surface area (Å²) >= 11 is 0. The Kier molecular flexibility index (Phi) is 2030. The van der Waals surface area contributed by atoms with Crippen molar-refractivity contribution >= 4 is 20.4 Å². The monoisotopic (exact) mass is 145 g/mol. The first kappa shape index (κ1) is 31.4. The summed E-state index contributed by atoms with van der Waals surface area (Å²) < 4.78 is 0. The SMILES string of the molecule is [CH-]=O.[CH-]=O.[CH-]=O.[Ni+3]. The molecule has 0 heterocycles. The first-order valence-electron chi connectivity index (χ1n) is 0.707. The zero-order valence-corrected chi connectivity index (χ0v) is 4.26. The predicted molar refractivity (Wildman–Crippen MR) is 20.3 cm³/mol. The van der Waals surface area contributed by atoms with Gasteiger partial charge in [0.1, 0.15) is 0 Å². The maximum Gasteiger partial charge on any atom is 3.00 e. The molecule has 1 radical (unpaired) electrons. The van der Waals surface area contributed by atoms with Gasteiger partial charge < -0.3 is 14.4 Å². The van der Waals surface area contributed by atoms with Gasteiger partial charge in [-0.15, -0.1) is 0 Å². The van der Waals surface area contributed by atoms with Gasteiger partial charge in [-0.3, -0.25) is 20.4 Å². The van der Waals surface area contributed by atoms with Gasteiger partial charge in [0.25, 0.3) is 0 Å². The third-order valence-corrected chi connectivity index (χ3v) is 0. The Labute approximate surface area is 52.0 Å². The molecule has 0 saturated heterocycles. The van der Waals surface area contributed by atoms with Crippen LogP contribution in [0.2, 0.25) is 0 Å². The standard InChI is InChI=1S/3CHO.Ni/c3*1-2;/h3*1H;/q3*-1;+3. The van der Waals surface area contributed by atoms with Crippen LogP contribution in [0.1, 0.15) is 0 Å². The molecule has 0 aliphatic carbocycles. The Morgan fingerprint density at radius 2 is 0.571 bits per heavy atom. The summed E-state index contributed by atoms with van der Waals surface area (Å²) in [6.45, 7) is 9.75. The molecule has 0 atom stereocenters. The van der Waals surface area contributed by atoms with Crippen molar-refractivity contribution in [2.75, 3.05) is 0 Å². The van der Waals surface area contributed by atoms with Gasteiger partial charge in [-0.1, -0.05) is 0 Å². The van der Waals surface area contributed by atoms with Crippen molar-refractivity contribution in [1.29, 1.82) is 0 Å². The molecule has 43 valence electrons. The van der Waals surface area contributed by atoms with E-state index in [2.05, 4.69) is 20.4 Å². The van der Waals surface area contributed by atoms with E-state index in [1.165, 1.54) is 0 Å². The molecule has 7 heavy (non-hydrogen) atoms. The van der Waals surface area contributed by atoms with Crippen molar-refractivity contribution in [1.82, 2.24) is 0 Å². The summed E-state index contributed by atoms with van der Waals surface area (Å²) in [5.41, 5.74) is 0. The van der Waals surface area contributed by atoms with E-state index in [-0.39, 0.29) is 16.5 Å². The maximum absolute atomic E-state index is 7.75. The van der Waals surface area contributed by atoms with E-state index in [9.17, 15) is 0 Å². The van der Waals surface area contributed by atoms with Crippen LogP contribution in [0.4, 0.5) is 0 Å². The summed E-state index contributed by atoms with van der Waals surface area (Å²) in [5, 5.41) is 0. The van der Waals surface area contributed by atoms with Gasteiger partial charge >= 0.3 is 16.5 Å². The van der Waals surface area contributed by atoms with E-state index in [1.54, 1.807) is 0 Å². The number of hydrogen-bond donors (Lipinski definition) is 0. The molecule has 0 aromatic heterocycles. The van der Waals surface area contributed by atoms with Gasteiger partial charge in [-0.2, -0.15) is 0 Å². The molecule has 0 fully saturated rings. The largest absolute Gasteiger partial charge is 3.00 e. The van der Waals surface area contributed by atoms with E-state index in [4.69, 9.17) is 14.4 Å². The van der Waals surface area contributed by atoms with Crippen molar-refractivity contribution in [2.45, 2.75) is 0 Å².